The number of nitrogens with zero attached hydrogens (tertiary/aromatic N) is 6. The summed E-state index contributed by atoms with van der Waals surface area (Å²) in [6, 6.07) is 15.6. The summed E-state index contributed by atoms with van der Waals surface area (Å²) in [5, 5.41) is 11.8. The fourth-order valence-electron chi connectivity index (χ4n) is 10.1. The molecule has 1 saturated carbocycles. The maximum atomic E-state index is 13.8. The van der Waals surface area contributed by atoms with Crippen molar-refractivity contribution in [1.29, 1.82) is 5.26 Å². The summed E-state index contributed by atoms with van der Waals surface area (Å²) in [7, 11) is 0. The summed E-state index contributed by atoms with van der Waals surface area (Å²) in [6.07, 6.45) is -0.0244. The average molecular weight is 786 g/mol. The van der Waals surface area contributed by atoms with E-state index in [4.69, 9.17) is 16.3 Å². The van der Waals surface area contributed by atoms with E-state index in [1.165, 1.54) is 0 Å². The number of imide groups is 2. The summed E-state index contributed by atoms with van der Waals surface area (Å²) in [4.78, 5) is 75.9. The fourth-order valence-corrected chi connectivity index (χ4v) is 10.3. The monoisotopic (exact) mass is 785 g/mol. The number of aromatic nitrogens is 1. The van der Waals surface area contributed by atoms with Crippen LogP contribution in [0.2, 0.25) is 5.02 Å². The lowest BCUT2D eigenvalue weighted by Crippen LogP contribution is -2.74. The Hall–Kier alpha value is -5.76. The van der Waals surface area contributed by atoms with Crippen LogP contribution in [0.5, 0.6) is 5.75 Å². The Bertz CT molecular complexity index is 2400. The molecule has 2 aromatic carbocycles. The highest BCUT2D eigenvalue weighted by molar-refractivity contribution is 6.31. The third kappa shape index (κ3) is 5.86. The molecule has 1 aliphatic carbocycles. The fraction of sp³-hybridized carbons (Fsp3) is 0.419. The Morgan fingerprint density at radius 1 is 0.895 bits per heavy atom. The molecule has 9 rings (SSSR count). The van der Waals surface area contributed by atoms with Gasteiger partial charge in [0.05, 0.1) is 16.1 Å². The second-order valence-electron chi connectivity index (χ2n) is 17.1. The molecular weight excluding hydrogens is 746 g/mol. The van der Waals surface area contributed by atoms with E-state index < -0.39 is 29.7 Å². The van der Waals surface area contributed by atoms with Crippen LogP contribution in [0.1, 0.15) is 88.4 Å². The number of ether oxygens (including phenoxy) is 1. The second kappa shape index (κ2) is 13.2. The van der Waals surface area contributed by atoms with E-state index >= 15 is 0 Å². The van der Waals surface area contributed by atoms with E-state index in [2.05, 4.69) is 65.7 Å². The zero-order chi connectivity index (χ0) is 40.1. The number of likely N-dealkylation sites (tertiary alicyclic amines) is 1. The van der Waals surface area contributed by atoms with Gasteiger partial charge in [-0.05, 0) is 54.4 Å². The number of nitriles is 1. The van der Waals surface area contributed by atoms with Gasteiger partial charge in [0.15, 0.2) is 0 Å². The van der Waals surface area contributed by atoms with Gasteiger partial charge in [0.25, 0.3) is 17.7 Å². The van der Waals surface area contributed by atoms with Crippen LogP contribution in [0.25, 0.3) is 0 Å². The van der Waals surface area contributed by atoms with Gasteiger partial charge < -0.3 is 14.5 Å². The van der Waals surface area contributed by atoms with Crippen LogP contribution in [-0.2, 0) is 16.1 Å². The van der Waals surface area contributed by atoms with Gasteiger partial charge in [-0.2, -0.15) is 5.26 Å². The van der Waals surface area contributed by atoms with Gasteiger partial charge >= 0.3 is 0 Å². The van der Waals surface area contributed by atoms with Crippen molar-refractivity contribution >= 4 is 47.0 Å². The Morgan fingerprint density at radius 3 is 2.33 bits per heavy atom. The number of anilines is 1. The number of amides is 5. The summed E-state index contributed by atoms with van der Waals surface area (Å²) in [5.74, 6) is 5.99. The number of hydrogen-bond acceptors (Lipinski definition) is 10. The molecule has 1 unspecified atom stereocenters. The van der Waals surface area contributed by atoms with Crippen molar-refractivity contribution in [2.75, 3.05) is 31.1 Å². The molecule has 0 spiro atoms. The molecule has 6 heterocycles. The van der Waals surface area contributed by atoms with Gasteiger partial charge in [-0.15, -0.1) is 0 Å². The smallest absolute Gasteiger partial charge is 0.281 e. The van der Waals surface area contributed by atoms with E-state index in [-0.39, 0.29) is 58.9 Å². The van der Waals surface area contributed by atoms with Crippen molar-refractivity contribution in [2.45, 2.75) is 71.3 Å². The van der Waals surface area contributed by atoms with Crippen LogP contribution in [0, 0.1) is 39.9 Å². The number of halogens is 1. The van der Waals surface area contributed by atoms with Crippen LogP contribution in [0.3, 0.4) is 0 Å². The highest BCUT2D eigenvalue weighted by atomic mass is 35.5. The molecule has 290 valence electrons. The lowest BCUT2D eigenvalue weighted by Gasteiger charge is -2.65. The van der Waals surface area contributed by atoms with Crippen LogP contribution >= 0.6 is 11.6 Å². The van der Waals surface area contributed by atoms with Crippen molar-refractivity contribution in [1.82, 2.24) is 25.0 Å². The third-order valence-electron chi connectivity index (χ3n) is 12.6. The van der Waals surface area contributed by atoms with Crippen LogP contribution in [-0.4, -0.2) is 99.6 Å². The SMILES string of the molecule is CC1(C)C(Oc2ccc(C#N)c(Cl)c2)C(C)(C)C1N1Cc2cc(C#CC3CN(C4CN(c5ccc6c(n5)C(=O)N(C5CCC(=O)NC5=O)C6=O)C4)C3)ccc2C1=O. The minimum absolute atomic E-state index is 0.0177. The van der Waals surface area contributed by atoms with Crippen LogP contribution in [0.15, 0.2) is 48.5 Å². The topological polar surface area (TPSA) is 156 Å². The number of pyridine rings is 1. The average Bonchev–Trinajstić information content (AvgIpc) is 3.57. The highest BCUT2D eigenvalue weighted by Crippen LogP contribution is 2.59. The van der Waals surface area contributed by atoms with E-state index in [0.717, 1.165) is 42.2 Å². The Labute approximate surface area is 334 Å². The molecular formula is C43H40ClN7O6. The maximum absolute atomic E-state index is 13.8. The maximum Gasteiger partial charge on any atom is 0.281 e. The van der Waals surface area contributed by atoms with Crippen molar-refractivity contribution in [3.05, 3.63) is 87.1 Å². The number of piperidine rings is 1. The zero-order valence-corrected chi connectivity index (χ0v) is 32.7. The summed E-state index contributed by atoms with van der Waals surface area (Å²) < 4.78 is 6.46. The molecule has 13 nitrogen and oxygen atoms in total. The predicted octanol–water partition coefficient (Wildman–Crippen LogP) is 4.02. The normalized spacial score (nSPS) is 25.1. The van der Waals surface area contributed by atoms with Gasteiger partial charge in [0, 0.05) is 85.2 Å². The number of benzene rings is 2. The molecule has 1 atom stereocenters. The largest absolute Gasteiger partial charge is 0.489 e. The molecule has 6 aliphatic rings. The first-order chi connectivity index (χ1) is 27.1. The van der Waals surface area contributed by atoms with Gasteiger partial charge in [0.1, 0.15) is 35.5 Å². The molecule has 4 fully saturated rings. The third-order valence-corrected chi connectivity index (χ3v) is 12.9. The van der Waals surface area contributed by atoms with Gasteiger partial charge in [-0.3, -0.25) is 39.1 Å². The Morgan fingerprint density at radius 2 is 1.63 bits per heavy atom. The molecule has 3 aromatic rings. The number of carbonyl (C=O) groups excluding carboxylic acids is 5. The zero-order valence-electron chi connectivity index (χ0n) is 32.0. The van der Waals surface area contributed by atoms with E-state index in [1.54, 1.807) is 30.3 Å². The molecule has 0 radical (unpaired) electrons. The molecule has 57 heavy (non-hydrogen) atoms. The van der Waals surface area contributed by atoms with Gasteiger partial charge in [0.2, 0.25) is 11.8 Å². The Kier molecular flexibility index (Phi) is 8.50. The van der Waals surface area contributed by atoms with Crippen LogP contribution in [0.4, 0.5) is 5.82 Å². The predicted molar refractivity (Wildman–Crippen MR) is 207 cm³/mol. The number of carbonyl (C=O) groups is 5. The van der Waals surface area contributed by atoms with Crippen molar-refractivity contribution in [2.24, 2.45) is 16.7 Å². The summed E-state index contributed by atoms with van der Waals surface area (Å²) >= 11 is 6.28. The van der Waals surface area contributed by atoms with Crippen molar-refractivity contribution in [3.63, 3.8) is 0 Å². The number of rotatable bonds is 6. The lowest BCUT2D eigenvalue weighted by atomic mass is 9.49. The van der Waals surface area contributed by atoms with Gasteiger partial charge in [-0.1, -0.05) is 51.1 Å². The minimum atomic E-state index is -1.02. The number of hydrogen-bond donors (Lipinski definition) is 1. The first-order valence-electron chi connectivity index (χ1n) is 19.2. The minimum Gasteiger partial charge on any atom is -0.489 e. The molecule has 1 N–H and O–H groups in total. The lowest BCUT2D eigenvalue weighted by molar-refractivity contribution is -0.199. The standard InChI is InChI=1S/C43H40ClN7O6/c1-42(2)40(43(3,4)41(42)57-28-9-8-25(17-45)31(44)16-28)50-20-26-15-23(7-10-29(26)37(50)54)5-6-24-18-48(19-24)27-21-49(22-27)33-13-11-30-35(46-33)39(56)51(38(30)55)32-12-14-34(52)47-36(32)53/h7-11,13,15-16,24,27,32,40-41H,12,14,18-22H2,1-4H3,(H,47,52,53). The molecule has 14 heteroatoms. The molecule has 1 aromatic heterocycles. The molecule has 5 aliphatic heterocycles. The first kappa shape index (κ1) is 36.9. The molecule has 3 saturated heterocycles. The van der Waals surface area contributed by atoms with Crippen molar-refractivity contribution < 1.29 is 28.7 Å². The molecule has 0 bridgehead atoms. The first-order valence-corrected chi connectivity index (χ1v) is 19.6. The number of nitrogens with one attached hydrogen (secondary N) is 1. The molecule has 5 amide bonds. The highest BCUT2D eigenvalue weighted by Gasteiger charge is 2.67. The quantitative estimate of drug-likeness (QED) is 0.286. The van der Waals surface area contributed by atoms with Gasteiger partial charge in [-0.25, -0.2) is 4.98 Å². The summed E-state index contributed by atoms with van der Waals surface area (Å²) in [6.45, 7) is 12.2. The summed E-state index contributed by atoms with van der Waals surface area (Å²) in [5.41, 5.74) is 2.46. The van der Waals surface area contributed by atoms with Crippen LogP contribution < -0.4 is 15.0 Å². The van der Waals surface area contributed by atoms with E-state index in [0.29, 0.717) is 40.3 Å². The number of fused-ring (bicyclic) bond motifs is 2. The van der Waals surface area contributed by atoms with Crippen molar-refractivity contribution in [3.8, 4) is 23.7 Å². The Balaban J connectivity index is 0.783. The van der Waals surface area contributed by atoms with E-state index in [1.807, 2.05) is 23.1 Å². The van der Waals surface area contributed by atoms with E-state index in [9.17, 15) is 29.2 Å². The second-order valence-corrected chi connectivity index (χ2v) is 17.5.